The summed E-state index contributed by atoms with van der Waals surface area (Å²) in [6, 6.07) is 4.31. The van der Waals surface area contributed by atoms with Gasteiger partial charge in [0.15, 0.2) is 0 Å². The highest BCUT2D eigenvalue weighted by atomic mass is 32.2. The minimum atomic E-state index is -1.02. The van der Waals surface area contributed by atoms with Crippen LogP contribution in [0.25, 0.3) is 0 Å². The molecule has 1 aromatic rings. The lowest BCUT2D eigenvalue weighted by molar-refractivity contribution is -0.161. The van der Waals surface area contributed by atoms with E-state index in [-0.39, 0.29) is 29.7 Å². The summed E-state index contributed by atoms with van der Waals surface area (Å²) in [5.41, 5.74) is 2.17. The maximum absolute atomic E-state index is 12.4. The molecule has 2 aliphatic heterocycles. The van der Waals surface area contributed by atoms with Crippen molar-refractivity contribution in [2.24, 2.45) is 0 Å². The number of nitrogens with zero attached hydrogens (tertiary/aromatic N) is 1. The maximum Gasteiger partial charge on any atom is 0.327 e. The zero-order valence-corrected chi connectivity index (χ0v) is 17.5. The van der Waals surface area contributed by atoms with Gasteiger partial charge in [-0.1, -0.05) is 6.07 Å². The first-order valence-corrected chi connectivity index (χ1v) is 10.1. The van der Waals surface area contributed by atoms with E-state index in [4.69, 9.17) is 4.74 Å². The van der Waals surface area contributed by atoms with Crippen LogP contribution in [-0.4, -0.2) is 56.1 Å². The van der Waals surface area contributed by atoms with E-state index in [0.717, 1.165) is 11.1 Å². The average Bonchev–Trinajstić information content (AvgIpc) is 2.79. The van der Waals surface area contributed by atoms with E-state index in [1.54, 1.807) is 20.8 Å². The number of aliphatic carboxylic acids is 1. The summed E-state index contributed by atoms with van der Waals surface area (Å²) in [4.78, 5) is 37.7. The molecule has 3 rings (SSSR count). The molecule has 1 unspecified atom stereocenters. The number of hydrogen-bond acceptors (Lipinski definition) is 5. The molecule has 0 saturated carbocycles. The van der Waals surface area contributed by atoms with Crippen LogP contribution in [-0.2, 0) is 14.4 Å². The van der Waals surface area contributed by atoms with Crippen LogP contribution in [0.3, 0.4) is 0 Å². The summed E-state index contributed by atoms with van der Waals surface area (Å²) in [6.07, 6.45) is -0.244. The van der Waals surface area contributed by atoms with Gasteiger partial charge in [-0.3, -0.25) is 9.59 Å². The fraction of sp³-hybridized carbons (Fsp3) is 0.550. The summed E-state index contributed by atoms with van der Waals surface area (Å²) in [7, 11) is 0. The second-order valence-corrected chi connectivity index (χ2v) is 9.87. The molecule has 152 valence electrons. The fourth-order valence-corrected chi connectivity index (χ4v) is 5.54. The van der Waals surface area contributed by atoms with Gasteiger partial charge < -0.3 is 20.1 Å². The van der Waals surface area contributed by atoms with Crippen LogP contribution in [0.4, 0.5) is 0 Å². The fourth-order valence-electron chi connectivity index (χ4n) is 3.91. The molecule has 0 bridgehead atoms. The van der Waals surface area contributed by atoms with Gasteiger partial charge in [-0.2, -0.15) is 0 Å². The van der Waals surface area contributed by atoms with E-state index in [9.17, 15) is 19.5 Å². The van der Waals surface area contributed by atoms with Crippen LogP contribution in [0.5, 0.6) is 5.75 Å². The van der Waals surface area contributed by atoms with E-state index in [2.05, 4.69) is 5.32 Å². The predicted octanol–water partition coefficient (Wildman–Crippen LogP) is 2.09. The monoisotopic (exact) mass is 406 g/mol. The van der Waals surface area contributed by atoms with Crippen LogP contribution >= 0.6 is 11.8 Å². The molecule has 0 aromatic heterocycles. The largest absolute Gasteiger partial charge is 0.490 e. The number of nitrogens with one attached hydrogen (secondary N) is 1. The molecule has 2 heterocycles. The normalized spacial score (nSPS) is 26.2. The summed E-state index contributed by atoms with van der Waals surface area (Å²) in [5.74, 6) is -0.937. The number of fused-ring (bicyclic) bond motifs is 1. The lowest BCUT2D eigenvalue weighted by Crippen LogP contribution is -2.70. The molecule has 28 heavy (non-hydrogen) atoms. The number of carboxylic acid groups (broad SMARTS) is 1. The van der Waals surface area contributed by atoms with Crippen molar-refractivity contribution in [2.75, 3.05) is 0 Å². The predicted molar refractivity (Wildman–Crippen MR) is 106 cm³/mol. The Labute approximate surface area is 168 Å². The third kappa shape index (κ3) is 3.83. The van der Waals surface area contributed by atoms with Crippen LogP contribution < -0.4 is 10.1 Å². The van der Waals surface area contributed by atoms with E-state index in [1.165, 1.54) is 16.7 Å². The van der Waals surface area contributed by atoms with Crippen LogP contribution in [0.2, 0.25) is 0 Å². The Hall–Kier alpha value is -2.22. The van der Waals surface area contributed by atoms with Crippen molar-refractivity contribution in [1.29, 1.82) is 0 Å². The van der Waals surface area contributed by atoms with Gasteiger partial charge >= 0.3 is 5.97 Å². The van der Waals surface area contributed by atoms with Crippen molar-refractivity contribution in [2.45, 2.75) is 69.3 Å². The number of carboxylic acids is 1. The summed E-state index contributed by atoms with van der Waals surface area (Å²) in [5, 5.41) is 11.8. The number of carbonyl (C=O) groups excluding carboxylic acids is 2. The van der Waals surface area contributed by atoms with Gasteiger partial charge in [0.2, 0.25) is 11.8 Å². The van der Waals surface area contributed by atoms with Crippen LogP contribution in [0, 0.1) is 13.8 Å². The van der Waals surface area contributed by atoms with Crippen molar-refractivity contribution < 1.29 is 24.2 Å². The number of ether oxygens (including phenoxy) is 1. The Morgan fingerprint density at radius 3 is 2.46 bits per heavy atom. The topological polar surface area (TPSA) is 95.9 Å². The first-order chi connectivity index (χ1) is 13.0. The number of rotatable bonds is 6. The van der Waals surface area contributed by atoms with E-state index < -0.39 is 22.8 Å². The SMILES string of the molecule is Cc1cc(C)cc(OC(C)CC(=O)N[C@@H]2C(=O)N3[C@@H]2SC(C)(C)[C@@H]3C(=O)O)c1. The van der Waals surface area contributed by atoms with Gasteiger partial charge in [0.05, 0.1) is 6.42 Å². The minimum absolute atomic E-state index is 0.111. The highest BCUT2D eigenvalue weighted by Gasteiger charge is 2.64. The average molecular weight is 407 g/mol. The Morgan fingerprint density at radius 1 is 1.29 bits per heavy atom. The van der Waals surface area contributed by atoms with Crippen molar-refractivity contribution in [3.8, 4) is 5.75 Å². The maximum atomic E-state index is 12.4. The quantitative estimate of drug-likeness (QED) is 0.703. The number of thioether (sulfide) groups is 1. The Kier molecular flexibility index (Phi) is 5.36. The van der Waals surface area contributed by atoms with E-state index in [1.807, 2.05) is 32.0 Å². The summed E-state index contributed by atoms with van der Waals surface area (Å²) in [6.45, 7) is 9.38. The van der Waals surface area contributed by atoms with Crippen LogP contribution in [0.1, 0.15) is 38.3 Å². The molecular weight excluding hydrogens is 380 g/mol. The molecular formula is C20H26N2O5S. The molecule has 0 aliphatic carbocycles. The minimum Gasteiger partial charge on any atom is -0.490 e. The molecule has 2 amide bonds. The van der Waals surface area contributed by atoms with Crippen molar-refractivity contribution >= 4 is 29.5 Å². The van der Waals surface area contributed by atoms with Crippen molar-refractivity contribution in [3.63, 3.8) is 0 Å². The second-order valence-electron chi connectivity index (χ2n) is 8.10. The van der Waals surface area contributed by atoms with Crippen molar-refractivity contribution in [3.05, 3.63) is 29.3 Å². The second kappa shape index (κ2) is 7.31. The smallest absolute Gasteiger partial charge is 0.327 e. The molecule has 2 saturated heterocycles. The van der Waals surface area contributed by atoms with Gasteiger partial charge in [-0.25, -0.2) is 4.79 Å². The van der Waals surface area contributed by atoms with Crippen LogP contribution in [0.15, 0.2) is 18.2 Å². The zero-order chi connectivity index (χ0) is 20.8. The number of benzene rings is 1. The standard InChI is InChI=1S/C20H26N2O5S/c1-10-6-11(2)8-13(7-10)27-12(3)9-14(23)21-15-17(24)22-16(19(25)26)20(4,5)28-18(15)22/h6-8,12,15-16,18H,9H2,1-5H3,(H,21,23)(H,25,26)/t12?,15-,16+,18-/m1/s1. The van der Waals surface area contributed by atoms with Gasteiger partial charge in [0, 0.05) is 4.75 Å². The van der Waals surface area contributed by atoms with Gasteiger partial charge in [0.1, 0.15) is 29.3 Å². The number of aryl methyl sites for hydroxylation is 2. The lowest BCUT2D eigenvalue weighted by Gasteiger charge is -2.43. The summed E-state index contributed by atoms with van der Waals surface area (Å²) < 4.78 is 5.23. The summed E-state index contributed by atoms with van der Waals surface area (Å²) >= 11 is 1.41. The number of amides is 2. The molecule has 2 N–H and O–H groups in total. The van der Waals surface area contributed by atoms with Crippen molar-refractivity contribution in [1.82, 2.24) is 10.2 Å². The molecule has 7 nitrogen and oxygen atoms in total. The van der Waals surface area contributed by atoms with Gasteiger partial charge in [-0.05, 0) is 57.9 Å². The number of carbonyl (C=O) groups is 3. The van der Waals surface area contributed by atoms with E-state index >= 15 is 0 Å². The lowest BCUT2D eigenvalue weighted by atomic mass is 9.96. The molecule has 0 radical (unpaired) electrons. The molecule has 2 fully saturated rings. The highest BCUT2D eigenvalue weighted by Crippen LogP contribution is 2.50. The molecule has 8 heteroatoms. The zero-order valence-electron chi connectivity index (χ0n) is 16.7. The van der Waals surface area contributed by atoms with Gasteiger partial charge in [0.25, 0.3) is 0 Å². The first kappa shape index (κ1) is 20.5. The van der Waals surface area contributed by atoms with E-state index in [0.29, 0.717) is 5.75 Å². The third-order valence-electron chi connectivity index (χ3n) is 5.00. The molecule has 2 aliphatic rings. The molecule has 0 spiro atoms. The molecule has 1 aromatic carbocycles. The Balaban J connectivity index is 1.57. The third-order valence-corrected chi connectivity index (χ3v) is 6.57. The Bertz CT molecular complexity index is 805. The molecule has 4 atom stereocenters. The first-order valence-electron chi connectivity index (χ1n) is 9.26. The number of β-lactam (4-membered cyclic amide) rings is 1. The Morgan fingerprint density at radius 2 is 1.89 bits per heavy atom. The highest BCUT2D eigenvalue weighted by molar-refractivity contribution is 8.01. The number of hydrogen-bond donors (Lipinski definition) is 2. The van der Waals surface area contributed by atoms with Gasteiger partial charge in [-0.15, -0.1) is 11.8 Å².